The molecule has 0 atom stereocenters. The first-order valence-electron chi connectivity index (χ1n) is 10.3. The molecule has 0 amide bonds. The average molecular weight is 357 g/mol. The summed E-state index contributed by atoms with van der Waals surface area (Å²) in [5.74, 6) is -0.436. The van der Waals surface area contributed by atoms with Crippen LogP contribution in [0.1, 0.15) is 105 Å². The fourth-order valence-corrected chi connectivity index (χ4v) is 3.92. The predicted octanol–water partition coefficient (Wildman–Crippen LogP) is 6.14. The van der Waals surface area contributed by atoms with E-state index in [-0.39, 0.29) is 6.42 Å². The summed E-state index contributed by atoms with van der Waals surface area (Å²) in [6.45, 7) is 8.63. The highest BCUT2D eigenvalue weighted by Crippen LogP contribution is 2.42. The maximum Gasteiger partial charge on any atom is 0.309 e. The van der Waals surface area contributed by atoms with E-state index < -0.39 is 17.4 Å². The third-order valence-corrected chi connectivity index (χ3v) is 5.92. The second kappa shape index (κ2) is 13.2. The molecule has 25 heavy (non-hydrogen) atoms. The van der Waals surface area contributed by atoms with Crippen molar-refractivity contribution in [2.75, 3.05) is 0 Å². The molecule has 0 radical (unpaired) electrons. The normalized spacial score (nSPS) is 12.1. The van der Waals surface area contributed by atoms with Crippen LogP contribution in [0, 0.1) is 17.3 Å². The Bertz CT molecular complexity index is 356. The molecule has 0 aliphatic rings. The predicted molar refractivity (Wildman–Crippen MR) is 103 cm³/mol. The molecule has 4 nitrogen and oxygen atoms in total. The molecular weight excluding hydrogens is 316 g/mol. The third kappa shape index (κ3) is 9.27. The summed E-state index contributed by atoms with van der Waals surface area (Å²) in [7, 11) is 0. The van der Waals surface area contributed by atoms with E-state index in [0.29, 0.717) is 18.3 Å². The van der Waals surface area contributed by atoms with Gasteiger partial charge in [0.2, 0.25) is 0 Å². The zero-order chi connectivity index (χ0) is 19.3. The monoisotopic (exact) mass is 356 g/mol. The maximum absolute atomic E-state index is 12.3. The second-order valence-corrected chi connectivity index (χ2v) is 7.67. The van der Waals surface area contributed by atoms with Gasteiger partial charge in [0.25, 0.3) is 0 Å². The Morgan fingerprint density at radius 2 is 1.20 bits per heavy atom. The average Bonchev–Trinajstić information content (AvgIpc) is 2.59. The molecule has 0 aromatic heterocycles. The molecule has 2 N–H and O–H groups in total. The van der Waals surface area contributed by atoms with Crippen LogP contribution in [0.15, 0.2) is 0 Å². The van der Waals surface area contributed by atoms with E-state index in [1.807, 2.05) is 0 Å². The molecular formula is C21H40O4. The highest BCUT2D eigenvalue weighted by Gasteiger charge is 2.40. The van der Waals surface area contributed by atoms with E-state index in [2.05, 4.69) is 27.7 Å². The summed E-state index contributed by atoms with van der Waals surface area (Å²) in [6.07, 6.45) is 10.0. The number of carboxylic acid groups (broad SMARTS) is 2. The van der Waals surface area contributed by atoms with E-state index in [1.165, 1.54) is 0 Å². The number of carbonyl (C=O) groups is 2. The number of hydrogen-bond acceptors (Lipinski definition) is 2. The van der Waals surface area contributed by atoms with Gasteiger partial charge in [-0.1, -0.05) is 72.6 Å². The van der Waals surface area contributed by atoms with Crippen LogP contribution in [0.5, 0.6) is 0 Å². The van der Waals surface area contributed by atoms with Gasteiger partial charge in [0.1, 0.15) is 0 Å². The Hall–Kier alpha value is -1.06. The quantitative estimate of drug-likeness (QED) is 0.326. The van der Waals surface area contributed by atoms with Gasteiger partial charge in [-0.25, -0.2) is 0 Å². The van der Waals surface area contributed by atoms with Crippen molar-refractivity contribution >= 4 is 11.9 Å². The summed E-state index contributed by atoms with van der Waals surface area (Å²) in [6, 6.07) is 0. The number of hydrogen-bond donors (Lipinski definition) is 2. The van der Waals surface area contributed by atoms with Crippen molar-refractivity contribution in [3.05, 3.63) is 0 Å². The first kappa shape index (κ1) is 23.9. The molecule has 4 heteroatoms. The summed E-state index contributed by atoms with van der Waals surface area (Å²) >= 11 is 0. The fraction of sp³-hybridized carbons (Fsp3) is 0.905. The van der Waals surface area contributed by atoms with E-state index >= 15 is 0 Å². The maximum atomic E-state index is 12.3. The fourth-order valence-electron chi connectivity index (χ4n) is 3.92. The lowest BCUT2D eigenvalue weighted by molar-refractivity contribution is -0.152. The van der Waals surface area contributed by atoms with Gasteiger partial charge >= 0.3 is 11.9 Å². The molecule has 148 valence electrons. The number of rotatable bonds is 16. The second-order valence-electron chi connectivity index (χ2n) is 7.67. The van der Waals surface area contributed by atoms with Crippen molar-refractivity contribution < 1.29 is 19.8 Å². The van der Waals surface area contributed by atoms with Crippen LogP contribution < -0.4 is 0 Å². The van der Waals surface area contributed by atoms with Crippen molar-refractivity contribution in [3.63, 3.8) is 0 Å². The first-order valence-corrected chi connectivity index (χ1v) is 10.3. The SMILES string of the molecule is CCC(CC)CC(CCCCCCC(=O)O)(CC(CC)CC)C(=O)O. The Labute approximate surface area is 154 Å². The van der Waals surface area contributed by atoms with Gasteiger partial charge in [-0.3, -0.25) is 9.59 Å². The van der Waals surface area contributed by atoms with E-state index in [0.717, 1.165) is 64.2 Å². The topological polar surface area (TPSA) is 74.6 Å². The molecule has 0 spiro atoms. The molecule has 0 rings (SSSR count). The summed E-state index contributed by atoms with van der Waals surface area (Å²) in [5.41, 5.74) is -0.611. The molecule has 0 saturated heterocycles. The van der Waals surface area contributed by atoms with Crippen LogP contribution in [0.3, 0.4) is 0 Å². The molecule has 0 unspecified atom stereocenters. The lowest BCUT2D eigenvalue weighted by Crippen LogP contribution is -2.35. The zero-order valence-electron chi connectivity index (χ0n) is 16.9. The molecule has 0 aromatic carbocycles. The lowest BCUT2D eigenvalue weighted by atomic mass is 9.68. The van der Waals surface area contributed by atoms with Crippen LogP contribution in [-0.4, -0.2) is 22.2 Å². The Kier molecular flexibility index (Phi) is 12.6. The lowest BCUT2D eigenvalue weighted by Gasteiger charge is -2.35. The molecule has 0 aliphatic carbocycles. The molecule has 0 bridgehead atoms. The van der Waals surface area contributed by atoms with Gasteiger partial charge in [-0.05, 0) is 37.5 Å². The summed E-state index contributed by atoms with van der Waals surface area (Å²) in [4.78, 5) is 22.9. The summed E-state index contributed by atoms with van der Waals surface area (Å²) in [5, 5.41) is 18.8. The van der Waals surface area contributed by atoms with Crippen molar-refractivity contribution in [1.29, 1.82) is 0 Å². The standard InChI is InChI=1S/C21H40O4/c1-5-17(6-2)15-21(20(24)25,16-18(7-3)8-4)14-12-10-9-11-13-19(22)23/h17-18H,5-16H2,1-4H3,(H,22,23)(H,24,25). The minimum Gasteiger partial charge on any atom is -0.481 e. The first-order chi connectivity index (χ1) is 11.8. The van der Waals surface area contributed by atoms with Gasteiger partial charge in [0.15, 0.2) is 0 Å². The van der Waals surface area contributed by atoms with Gasteiger partial charge < -0.3 is 10.2 Å². The van der Waals surface area contributed by atoms with E-state index in [9.17, 15) is 14.7 Å². The highest BCUT2D eigenvalue weighted by molar-refractivity contribution is 5.74. The highest BCUT2D eigenvalue weighted by atomic mass is 16.4. The zero-order valence-corrected chi connectivity index (χ0v) is 16.9. The van der Waals surface area contributed by atoms with Gasteiger partial charge in [-0.2, -0.15) is 0 Å². The molecule has 0 fully saturated rings. The molecule has 0 heterocycles. The van der Waals surface area contributed by atoms with Crippen LogP contribution in [0.2, 0.25) is 0 Å². The van der Waals surface area contributed by atoms with Crippen LogP contribution in [0.25, 0.3) is 0 Å². The molecule has 0 saturated carbocycles. The van der Waals surface area contributed by atoms with Gasteiger partial charge in [-0.15, -0.1) is 0 Å². The van der Waals surface area contributed by atoms with E-state index in [1.54, 1.807) is 0 Å². The smallest absolute Gasteiger partial charge is 0.309 e. The van der Waals surface area contributed by atoms with Crippen LogP contribution in [0.4, 0.5) is 0 Å². The number of unbranched alkanes of at least 4 members (excludes halogenated alkanes) is 3. The van der Waals surface area contributed by atoms with Crippen molar-refractivity contribution in [2.24, 2.45) is 17.3 Å². The summed E-state index contributed by atoms with van der Waals surface area (Å²) < 4.78 is 0. The van der Waals surface area contributed by atoms with Crippen LogP contribution in [-0.2, 0) is 9.59 Å². The van der Waals surface area contributed by atoms with Crippen molar-refractivity contribution in [3.8, 4) is 0 Å². The van der Waals surface area contributed by atoms with Crippen molar-refractivity contribution in [2.45, 2.75) is 105 Å². The minimum atomic E-state index is -0.748. The number of carboxylic acids is 2. The van der Waals surface area contributed by atoms with E-state index in [4.69, 9.17) is 5.11 Å². The third-order valence-electron chi connectivity index (χ3n) is 5.92. The van der Waals surface area contributed by atoms with Crippen molar-refractivity contribution in [1.82, 2.24) is 0 Å². The number of aliphatic carboxylic acids is 2. The van der Waals surface area contributed by atoms with Crippen LogP contribution >= 0.6 is 0 Å². The molecule has 0 aromatic rings. The Morgan fingerprint density at radius 1 is 0.760 bits per heavy atom. The minimum absolute atomic E-state index is 0.214. The molecule has 0 aliphatic heterocycles. The largest absolute Gasteiger partial charge is 0.481 e. The van der Waals surface area contributed by atoms with Gasteiger partial charge in [0.05, 0.1) is 5.41 Å². The van der Waals surface area contributed by atoms with Gasteiger partial charge in [0, 0.05) is 6.42 Å². The Balaban J connectivity index is 4.93. The Morgan fingerprint density at radius 3 is 1.56 bits per heavy atom.